The highest BCUT2D eigenvalue weighted by Gasteiger charge is 2.20. The maximum Gasteiger partial charge on any atom is 0.376 e. The van der Waals surface area contributed by atoms with Gasteiger partial charge in [0.1, 0.15) is 0 Å². The van der Waals surface area contributed by atoms with Gasteiger partial charge in [-0.3, -0.25) is 0 Å². The van der Waals surface area contributed by atoms with Crippen molar-refractivity contribution in [3.63, 3.8) is 0 Å². The molecule has 0 saturated heterocycles. The summed E-state index contributed by atoms with van der Waals surface area (Å²) in [5.41, 5.74) is 0.914. The Hall–Kier alpha value is -1.32. The van der Waals surface area contributed by atoms with Crippen molar-refractivity contribution in [1.82, 2.24) is 5.16 Å². The summed E-state index contributed by atoms with van der Waals surface area (Å²) in [6.45, 7) is 0. The average molecular weight is 251 g/mol. The lowest BCUT2D eigenvalue weighted by Gasteiger charge is -2.11. The molecule has 0 spiro atoms. The fourth-order valence-electron chi connectivity index (χ4n) is 2.61. The number of methoxy groups -OCH3 is 1. The first-order chi connectivity index (χ1) is 8.81. The van der Waals surface area contributed by atoms with Crippen LogP contribution in [0.3, 0.4) is 0 Å². The SMILES string of the molecule is COC(=O)c1cc(C2CCCCCCCC2)no1. The third-order valence-electron chi connectivity index (χ3n) is 3.69. The summed E-state index contributed by atoms with van der Waals surface area (Å²) in [6, 6.07) is 1.74. The molecule has 1 aliphatic rings. The molecule has 1 aliphatic carbocycles. The number of aromatic nitrogens is 1. The zero-order chi connectivity index (χ0) is 12.8. The van der Waals surface area contributed by atoms with E-state index in [4.69, 9.17) is 4.52 Å². The van der Waals surface area contributed by atoms with E-state index >= 15 is 0 Å². The van der Waals surface area contributed by atoms with Gasteiger partial charge in [0.2, 0.25) is 5.76 Å². The minimum absolute atomic E-state index is 0.215. The van der Waals surface area contributed by atoms with Gasteiger partial charge in [-0.25, -0.2) is 4.79 Å². The molecule has 18 heavy (non-hydrogen) atoms. The van der Waals surface area contributed by atoms with Crippen LogP contribution in [-0.2, 0) is 4.74 Å². The number of hydrogen-bond donors (Lipinski definition) is 0. The number of hydrogen-bond acceptors (Lipinski definition) is 4. The molecule has 1 aromatic rings. The zero-order valence-corrected chi connectivity index (χ0v) is 11.0. The first-order valence-corrected chi connectivity index (χ1v) is 6.86. The van der Waals surface area contributed by atoms with Crippen molar-refractivity contribution in [2.75, 3.05) is 7.11 Å². The molecule has 0 bridgehead atoms. The van der Waals surface area contributed by atoms with Gasteiger partial charge in [-0.2, -0.15) is 0 Å². The second kappa shape index (κ2) is 6.57. The molecule has 0 aromatic carbocycles. The van der Waals surface area contributed by atoms with Gasteiger partial charge in [0.05, 0.1) is 12.8 Å². The van der Waals surface area contributed by atoms with Gasteiger partial charge in [-0.05, 0) is 12.8 Å². The van der Waals surface area contributed by atoms with Gasteiger partial charge in [0, 0.05) is 12.0 Å². The number of nitrogens with zero attached hydrogens (tertiary/aromatic N) is 1. The van der Waals surface area contributed by atoms with Crippen molar-refractivity contribution >= 4 is 5.97 Å². The summed E-state index contributed by atoms with van der Waals surface area (Å²) >= 11 is 0. The highest BCUT2D eigenvalue weighted by Crippen LogP contribution is 2.30. The van der Waals surface area contributed by atoms with E-state index in [1.807, 2.05) is 0 Å². The van der Waals surface area contributed by atoms with E-state index < -0.39 is 5.97 Å². The number of ether oxygens (including phenoxy) is 1. The molecule has 0 unspecified atom stereocenters. The Morgan fingerprint density at radius 2 is 1.83 bits per heavy atom. The molecule has 0 atom stereocenters. The van der Waals surface area contributed by atoms with E-state index in [2.05, 4.69) is 9.89 Å². The molecular weight excluding hydrogens is 230 g/mol. The third kappa shape index (κ3) is 3.34. The van der Waals surface area contributed by atoms with Crippen molar-refractivity contribution in [1.29, 1.82) is 0 Å². The fourth-order valence-corrected chi connectivity index (χ4v) is 2.61. The monoisotopic (exact) mass is 251 g/mol. The van der Waals surface area contributed by atoms with Crippen LogP contribution < -0.4 is 0 Å². The summed E-state index contributed by atoms with van der Waals surface area (Å²) in [6.07, 6.45) is 10.1. The molecule has 0 aliphatic heterocycles. The molecule has 1 heterocycles. The van der Waals surface area contributed by atoms with Crippen LogP contribution in [-0.4, -0.2) is 18.2 Å². The Labute approximate surface area is 108 Å². The number of carbonyl (C=O) groups is 1. The second-order valence-corrected chi connectivity index (χ2v) is 5.00. The van der Waals surface area contributed by atoms with Gasteiger partial charge in [0.25, 0.3) is 0 Å². The molecular formula is C14H21NO3. The van der Waals surface area contributed by atoms with Crippen molar-refractivity contribution in [2.24, 2.45) is 0 Å². The maximum atomic E-state index is 11.3. The predicted molar refractivity (Wildman–Crippen MR) is 67.5 cm³/mol. The smallest absolute Gasteiger partial charge is 0.376 e. The highest BCUT2D eigenvalue weighted by atomic mass is 16.5. The average Bonchev–Trinajstić information content (AvgIpc) is 2.91. The van der Waals surface area contributed by atoms with Crippen LogP contribution in [0.5, 0.6) is 0 Å². The highest BCUT2D eigenvalue weighted by molar-refractivity contribution is 5.86. The van der Waals surface area contributed by atoms with E-state index in [1.54, 1.807) is 6.07 Å². The molecule has 0 radical (unpaired) electrons. The van der Waals surface area contributed by atoms with Crippen LogP contribution in [0.25, 0.3) is 0 Å². The first kappa shape index (κ1) is 13.1. The molecule has 0 amide bonds. The van der Waals surface area contributed by atoms with Gasteiger partial charge < -0.3 is 9.26 Å². The Morgan fingerprint density at radius 3 is 2.44 bits per heavy atom. The third-order valence-corrected chi connectivity index (χ3v) is 3.69. The predicted octanol–water partition coefficient (Wildman–Crippen LogP) is 3.68. The molecule has 4 nitrogen and oxygen atoms in total. The Balaban J connectivity index is 2.03. The van der Waals surface area contributed by atoms with Crippen molar-refractivity contribution in [3.8, 4) is 0 Å². The molecule has 1 fully saturated rings. The van der Waals surface area contributed by atoms with Crippen LogP contribution in [0.1, 0.15) is 73.5 Å². The van der Waals surface area contributed by atoms with E-state index in [9.17, 15) is 4.79 Å². The molecule has 4 heteroatoms. The molecule has 1 saturated carbocycles. The van der Waals surface area contributed by atoms with Crippen LogP contribution >= 0.6 is 0 Å². The normalized spacial score (nSPS) is 18.7. The number of rotatable bonds is 2. The number of esters is 1. The van der Waals surface area contributed by atoms with E-state index in [-0.39, 0.29) is 5.76 Å². The summed E-state index contributed by atoms with van der Waals surface area (Å²) < 4.78 is 9.68. The minimum atomic E-state index is -0.447. The van der Waals surface area contributed by atoms with Crippen molar-refractivity contribution in [2.45, 2.75) is 57.3 Å². The number of carbonyl (C=O) groups excluding carboxylic acids is 1. The van der Waals surface area contributed by atoms with Crippen molar-refractivity contribution in [3.05, 3.63) is 17.5 Å². The maximum absolute atomic E-state index is 11.3. The van der Waals surface area contributed by atoms with Gasteiger partial charge in [0.15, 0.2) is 0 Å². The van der Waals surface area contributed by atoms with Crippen LogP contribution in [0.15, 0.2) is 10.6 Å². The lowest BCUT2D eigenvalue weighted by molar-refractivity contribution is 0.0554. The van der Waals surface area contributed by atoms with Gasteiger partial charge in [-0.15, -0.1) is 0 Å². The van der Waals surface area contributed by atoms with Crippen LogP contribution in [0, 0.1) is 0 Å². The summed E-state index contributed by atoms with van der Waals surface area (Å²) in [7, 11) is 1.35. The molecule has 100 valence electrons. The van der Waals surface area contributed by atoms with E-state index in [1.165, 1.54) is 45.6 Å². The zero-order valence-electron chi connectivity index (χ0n) is 11.0. The quantitative estimate of drug-likeness (QED) is 0.752. The fraction of sp³-hybridized carbons (Fsp3) is 0.714. The summed E-state index contributed by atoms with van der Waals surface area (Å²) in [4.78, 5) is 11.3. The van der Waals surface area contributed by atoms with Crippen molar-refractivity contribution < 1.29 is 14.1 Å². The van der Waals surface area contributed by atoms with Crippen LogP contribution in [0.4, 0.5) is 0 Å². The first-order valence-electron chi connectivity index (χ1n) is 6.86. The van der Waals surface area contributed by atoms with Crippen LogP contribution in [0.2, 0.25) is 0 Å². The standard InChI is InChI=1S/C14H21NO3/c1-17-14(16)13-10-12(15-18-13)11-8-6-4-2-3-5-7-9-11/h10-11H,2-9H2,1H3. The Kier molecular flexibility index (Phi) is 4.79. The molecule has 0 N–H and O–H groups in total. The van der Waals surface area contributed by atoms with Gasteiger partial charge >= 0.3 is 5.97 Å². The summed E-state index contributed by atoms with van der Waals surface area (Å²) in [5.74, 6) is 0.203. The van der Waals surface area contributed by atoms with E-state index in [0.717, 1.165) is 18.5 Å². The van der Waals surface area contributed by atoms with Gasteiger partial charge in [-0.1, -0.05) is 43.7 Å². The second-order valence-electron chi connectivity index (χ2n) is 5.00. The lowest BCUT2D eigenvalue weighted by Crippen LogP contribution is -2.00. The topological polar surface area (TPSA) is 52.3 Å². The lowest BCUT2D eigenvalue weighted by atomic mass is 9.93. The largest absolute Gasteiger partial charge is 0.463 e. The molecule has 2 rings (SSSR count). The minimum Gasteiger partial charge on any atom is -0.463 e. The Morgan fingerprint density at radius 1 is 1.22 bits per heavy atom. The van der Waals surface area contributed by atoms with E-state index in [0.29, 0.717) is 5.92 Å². The molecule has 1 aromatic heterocycles. The summed E-state index contributed by atoms with van der Waals surface area (Å²) in [5, 5.41) is 4.04. The Bertz CT molecular complexity index is 376.